The van der Waals surface area contributed by atoms with Gasteiger partial charge in [0.2, 0.25) is 0 Å². The number of halogens is 2. The van der Waals surface area contributed by atoms with E-state index in [9.17, 15) is 4.39 Å². The van der Waals surface area contributed by atoms with Crippen LogP contribution in [0.25, 0.3) is 0 Å². The molecule has 2 rings (SSSR count). The van der Waals surface area contributed by atoms with Crippen molar-refractivity contribution in [3.63, 3.8) is 0 Å². The second-order valence-electron chi connectivity index (χ2n) is 3.49. The van der Waals surface area contributed by atoms with Crippen molar-refractivity contribution in [2.24, 2.45) is 0 Å². The van der Waals surface area contributed by atoms with E-state index in [0.717, 1.165) is 6.07 Å². The van der Waals surface area contributed by atoms with Crippen LogP contribution in [-0.4, -0.2) is 16.2 Å². The molecule has 1 aromatic carbocycles. The van der Waals surface area contributed by atoms with Gasteiger partial charge >= 0.3 is 0 Å². The van der Waals surface area contributed by atoms with Crippen molar-refractivity contribution in [1.29, 1.82) is 5.26 Å². The van der Waals surface area contributed by atoms with Crippen LogP contribution in [0.3, 0.4) is 0 Å². The molecule has 2 aromatic rings. The highest BCUT2D eigenvalue weighted by Gasteiger charge is 2.07. The lowest BCUT2D eigenvalue weighted by Crippen LogP contribution is -1.99. The summed E-state index contributed by atoms with van der Waals surface area (Å²) in [6, 6.07) is 7.34. The SMILES string of the molecule is CSc1nc(Cl)cc(Nc2ccc(F)cc2C#N)n1. The fraction of sp³-hybridized carbons (Fsp3) is 0.0833. The topological polar surface area (TPSA) is 61.6 Å². The first kappa shape index (κ1) is 13.6. The van der Waals surface area contributed by atoms with Gasteiger partial charge in [-0.1, -0.05) is 23.4 Å². The Balaban J connectivity index is 2.36. The molecule has 0 aliphatic carbocycles. The van der Waals surface area contributed by atoms with Crippen LogP contribution in [0.15, 0.2) is 29.4 Å². The molecule has 0 fully saturated rings. The quantitative estimate of drug-likeness (QED) is 0.532. The number of hydrogen-bond acceptors (Lipinski definition) is 5. The fourth-order valence-corrected chi connectivity index (χ4v) is 2.02. The van der Waals surface area contributed by atoms with Crippen LogP contribution < -0.4 is 5.32 Å². The van der Waals surface area contributed by atoms with Gasteiger partial charge in [-0.25, -0.2) is 14.4 Å². The number of rotatable bonds is 3. The lowest BCUT2D eigenvalue weighted by atomic mass is 10.2. The summed E-state index contributed by atoms with van der Waals surface area (Å²) < 4.78 is 13.0. The molecule has 7 heteroatoms. The Hall–Kier alpha value is -1.84. The van der Waals surface area contributed by atoms with Gasteiger partial charge in [0.1, 0.15) is 22.9 Å². The highest BCUT2D eigenvalue weighted by molar-refractivity contribution is 7.98. The highest BCUT2D eigenvalue weighted by atomic mass is 35.5. The Bertz CT molecular complexity index is 657. The normalized spacial score (nSPS) is 10.0. The molecule has 0 amide bonds. The van der Waals surface area contributed by atoms with Crippen LogP contribution in [0.2, 0.25) is 5.15 Å². The van der Waals surface area contributed by atoms with Crippen molar-refractivity contribution in [3.05, 3.63) is 40.8 Å². The predicted molar refractivity (Wildman–Crippen MR) is 73.2 cm³/mol. The van der Waals surface area contributed by atoms with E-state index in [1.807, 2.05) is 12.3 Å². The van der Waals surface area contributed by atoms with E-state index in [-0.39, 0.29) is 5.56 Å². The van der Waals surface area contributed by atoms with Gasteiger partial charge in [0.05, 0.1) is 11.3 Å². The van der Waals surface area contributed by atoms with Gasteiger partial charge in [-0.2, -0.15) is 5.26 Å². The number of nitrogens with zero attached hydrogens (tertiary/aromatic N) is 3. The summed E-state index contributed by atoms with van der Waals surface area (Å²) in [4.78, 5) is 8.20. The van der Waals surface area contributed by atoms with Gasteiger partial charge in [-0.15, -0.1) is 0 Å². The first-order valence-corrected chi connectivity index (χ1v) is 6.78. The van der Waals surface area contributed by atoms with Crippen molar-refractivity contribution in [2.45, 2.75) is 5.16 Å². The summed E-state index contributed by atoms with van der Waals surface area (Å²) >= 11 is 7.21. The third-order valence-electron chi connectivity index (χ3n) is 2.22. The maximum Gasteiger partial charge on any atom is 0.190 e. The Morgan fingerprint density at radius 3 is 2.84 bits per heavy atom. The molecule has 1 heterocycles. The van der Waals surface area contributed by atoms with Crippen LogP contribution in [-0.2, 0) is 0 Å². The van der Waals surface area contributed by atoms with E-state index < -0.39 is 5.82 Å². The lowest BCUT2D eigenvalue weighted by molar-refractivity contribution is 0.627. The van der Waals surface area contributed by atoms with Crippen molar-refractivity contribution in [1.82, 2.24) is 9.97 Å². The number of nitrogens with one attached hydrogen (secondary N) is 1. The van der Waals surface area contributed by atoms with Crippen molar-refractivity contribution >= 4 is 34.9 Å². The molecule has 0 atom stereocenters. The number of anilines is 2. The molecule has 96 valence electrons. The summed E-state index contributed by atoms with van der Waals surface area (Å²) in [6.45, 7) is 0. The van der Waals surface area contributed by atoms with Crippen LogP contribution in [0.4, 0.5) is 15.9 Å². The van der Waals surface area contributed by atoms with Gasteiger partial charge in [0.25, 0.3) is 0 Å². The molecule has 0 radical (unpaired) electrons. The van der Waals surface area contributed by atoms with E-state index >= 15 is 0 Å². The summed E-state index contributed by atoms with van der Waals surface area (Å²) in [5.74, 6) is -0.0138. The minimum atomic E-state index is -0.465. The smallest absolute Gasteiger partial charge is 0.190 e. The molecular formula is C12H8ClFN4S. The van der Waals surface area contributed by atoms with E-state index in [2.05, 4.69) is 15.3 Å². The summed E-state index contributed by atoms with van der Waals surface area (Å²) in [5, 5.41) is 12.7. The van der Waals surface area contributed by atoms with Crippen LogP contribution in [0.5, 0.6) is 0 Å². The van der Waals surface area contributed by atoms with Crippen molar-refractivity contribution in [3.8, 4) is 6.07 Å². The molecule has 0 aliphatic heterocycles. The second kappa shape index (κ2) is 5.87. The van der Waals surface area contributed by atoms with E-state index in [1.54, 1.807) is 0 Å². The van der Waals surface area contributed by atoms with Gasteiger partial charge in [-0.05, 0) is 24.5 Å². The zero-order chi connectivity index (χ0) is 13.8. The first-order valence-electron chi connectivity index (χ1n) is 5.17. The Kier molecular flexibility index (Phi) is 4.20. The Morgan fingerprint density at radius 1 is 1.37 bits per heavy atom. The minimum Gasteiger partial charge on any atom is -0.339 e. The maximum absolute atomic E-state index is 13.0. The molecule has 0 aliphatic rings. The number of benzene rings is 1. The lowest BCUT2D eigenvalue weighted by Gasteiger charge is -2.08. The second-order valence-corrected chi connectivity index (χ2v) is 4.65. The summed E-state index contributed by atoms with van der Waals surface area (Å²) in [5.41, 5.74) is 0.658. The van der Waals surface area contributed by atoms with Crippen molar-refractivity contribution < 1.29 is 4.39 Å². The van der Waals surface area contributed by atoms with Crippen LogP contribution in [0.1, 0.15) is 5.56 Å². The number of thioether (sulfide) groups is 1. The fourth-order valence-electron chi connectivity index (χ4n) is 1.41. The molecule has 1 aromatic heterocycles. The summed E-state index contributed by atoms with van der Waals surface area (Å²) in [7, 11) is 0. The van der Waals surface area contributed by atoms with Gasteiger partial charge in [0, 0.05) is 6.07 Å². The Labute approximate surface area is 118 Å². The monoisotopic (exact) mass is 294 g/mol. The van der Waals surface area contributed by atoms with Gasteiger partial charge < -0.3 is 5.32 Å². The molecule has 19 heavy (non-hydrogen) atoms. The van der Waals surface area contributed by atoms with Gasteiger partial charge in [0.15, 0.2) is 5.16 Å². The molecule has 0 unspecified atom stereocenters. The largest absolute Gasteiger partial charge is 0.339 e. The zero-order valence-electron chi connectivity index (χ0n) is 9.82. The third-order valence-corrected chi connectivity index (χ3v) is 2.96. The third kappa shape index (κ3) is 3.34. The maximum atomic E-state index is 13.0. The van der Waals surface area contributed by atoms with Crippen molar-refractivity contribution in [2.75, 3.05) is 11.6 Å². The summed E-state index contributed by atoms with van der Waals surface area (Å²) in [6.07, 6.45) is 1.83. The molecule has 0 bridgehead atoms. The van der Waals surface area contributed by atoms with Crippen LogP contribution >= 0.6 is 23.4 Å². The molecule has 4 nitrogen and oxygen atoms in total. The Morgan fingerprint density at radius 2 is 2.16 bits per heavy atom. The van der Waals surface area contributed by atoms with E-state index in [0.29, 0.717) is 21.8 Å². The van der Waals surface area contributed by atoms with Crippen LogP contribution in [0, 0.1) is 17.1 Å². The average molecular weight is 295 g/mol. The zero-order valence-corrected chi connectivity index (χ0v) is 11.4. The van der Waals surface area contributed by atoms with E-state index in [1.165, 1.54) is 30.0 Å². The minimum absolute atomic E-state index is 0.195. The number of nitriles is 1. The predicted octanol–water partition coefficient (Wildman–Crippen LogP) is 3.61. The standard InChI is InChI=1S/C12H8ClFN4S/c1-19-12-17-10(13)5-11(18-12)16-9-3-2-8(14)4-7(9)6-15/h2-5H,1H3,(H,16,17,18). The average Bonchev–Trinajstić information content (AvgIpc) is 2.40. The number of aromatic nitrogens is 2. The molecule has 0 saturated heterocycles. The highest BCUT2D eigenvalue weighted by Crippen LogP contribution is 2.23. The molecule has 0 spiro atoms. The molecular weight excluding hydrogens is 287 g/mol. The van der Waals surface area contributed by atoms with E-state index in [4.69, 9.17) is 16.9 Å². The molecule has 0 saturated carbocycles. The molecule has 1 N–H and O–H groups in total. The van der Waals surface area contributed by atoms with Gasteiger partial charge in [-0.3, -0.25) is 0 Å². The number of hydrogen-bond donors (Lipinski definition) is 1. The first-order chi connectivity index (χ1) is 9.12.